The Labute approximate surface area is 277 Å². The predicted molar refractivity (Wildman–Crippen MR) is 192 cm³/mol. The maximum atomic E-state index is 9.58. The van der Waals surface area contributed by atoms with Crippen molar-refractivity contribution in [2.45, 2.75) is 0 Å². The first-order valence-electron chi connectivity index (χ1n) is 16.0. The summed E-state index contributed by atoms with van der Waals surface area (Å²) in [4.78, 5) is 15.6. The van der Waals surface area contributed by atoms with Crippen molar-refractivity contribution < 1.29 is 0 Å². The lowest BCUT2D eigenvalue weighted by atomic mass is 10.2. The molecule has 11 aromatic rings. The van der Waals surface area contributed by atoms with Gasteiger partial charge in [0.25, 0.3) is 0 Å². The second-order valence-electron chi connectivity index (χ2n) is 12.2. The van der Waals surface area contributed by atoms with Gasteiger partial charge in [-0.25, -0.2) is 19.5 Å². The van der Waals surface area contributed by atoms with Gasteiger partial charge in [-0.05, 0) is 91.0 Å². The van der Waals surface area contributed by atoms with E-state index in [4.69, 9.17) is 15.0 Å². The lowest BCUT2D eigenvalue weighted by Crippen LogP contribution is -2.02. The molecule has 0 atom stereocenters. The largest absolute Gasteiger partial charge is 0.278 e. The van der Waals surface area contributed by atoms with Gasteiger partial charge in [-0.3, -0.25) is 17.8 Å². The fourth-order valence-corrected chi connectivity index (χ4v) is 7.43. The summed E-state index contributed by atoms with van der Waals surface area (Å²) in [5.41, 5.74) is 12.2. The standard InChI is InChI=1S/C40H23N9/c41-24-25-17-19-26(20-18-25)46-39-43-29-10-2-5-13-32(29)48(39)36-22-21-27(23-37(36)49-33-14-6-3-11-30(33)44-40(46)49)45-34-15-7-8-16-35(34)47-31-12-4-1-9-28(31)42-38(45)47/h1-23H. The van der Waals surface area contributed by atoms with Crippen LogP contribution >= 0.6 is 0 Å². The van der Waals surface area contributed by atoms with E-state index in [0.717, 1.165) is 72.3 Å². The fourth-order valence-electron chi connectivity index (χ4n) is 7.43. The number of rotatable bonds is 2. The molecule has 5 heterocycles. The molecule has 0 N–H and O–H groups in total. The zero-order valence-electron chi connectivity index (χ0n) is 25.8. The molecule has 0 fully saturated rings. The lowest BCUT2D eigenvalue weighted by molar-refractivity contribution is 1.03. The van der Waals surface area contributed by atoms with Gasteiger partial charge in [0.2, 0.25) is 17.3 Å². The van der Waals surface area contributed by atoms with Crippen LogP contribution in [0.4, 0.5) is 0 Å². The van der Waals surface area contributed by atoms with E-state index in [0.29, 0.717) is 17.1 Å². The minimum absolute atomic E-state index is 0.588. The molecule has 0 saturated heterocycles. The number of aromatic nitrogens is 8. The molecule has 228 valence electrons. The Kier molecular flexibility index (Phi) is 5.00. The van der Waals surface area contributed by atoms with Gasteiger partial charge in [0.1, 0.15) is 0 Å². The molecule has 0 spiro atoms. The third-order valence-corrected chi connectivity index (χ3v) is 9.55. The van der Waals surface area contributed by atoms with Crippen molar-refractivity contribution in [3.8, 4) is 17.4 Å². The van der Waals surface area contributed by atoms with Crippen LogP contribution in [0.3, 0.4) is 0 Å². The molecule has 0 aliphatic carbocycles. The summed E-state index contributed by atoms with van der Waals surface area (Å²) in [5.74, 6) is 2.26. The first kappa shape index (κ1) is 25.9. The van der Waals surface area contributed by atoms with Crippen molar-refractivity contribution in [2.75, 3.05) is 0 Å². The van der Waals surface area contributed by atoms with Crippen LogP contribution in [0.1, 0.15) is 5.56 Å². The molecule has 0 radical (unpaired) electrons. The topological polar surface area (TPSA) is 85.5 Å². The monoisotopic (exact) mass is 629 g/mol. The van der Waals surface area contributed by atoms with Crippen LogP contribution in [-0.4, -0.2) is 37.3 Å². The van der Waals surface area contributed by atoms with Crippen molar-refractivity contribution in [2.24, 2.45) is 0 Å². The Hall–Kier alpha value is -7.18. The van der Waals surface area contributed by atoms with Crippen LogP contribution in [0.15, 0.2) is 140 Å². The number of benzene rings is 6. The van der Waals surface area contributed by atoms with Gasteiger partial charge in [0, 0.05) is 0 Å². The van der Waals surface area contributed by atoms with Gasteiger partial charge >= 0.3 is 0 Å². The highest BCUT2D eigenvalue weighted by Crippen LogP contribution is 2.33. The molecule has 6 aromatic carbocycles. The van der Waals surface area contributed by atoms with Gasteiger partial charge in [-0.2, -0.15) is 5.26 Å². The highest BCUT2D eigenvalue weighted by atomic mass is 15.3. The number of para-hydroxylation sites is 8. The SMILES string of the molecule is N#Cc1ccc(-n2c3nc4ccccc4n3c3ccc(-n4c5ccccc5n5c6ccccc6nc45)cc3n3c4ccccc4nc23)cc1. The van der Waals surface area contributed by atoms with E-state index in [-0.39, 0.29) is 0 Å². The Balaban J connectivity index is 1.37. The number of imidazole rings is 4. The average Bonchev–Trinajstić information content (AvgIpc) is 3.89. The minimum atomic E-state index is 0.588. The van der Waals surface area contributed by atoms with Gasteiger partial charge in [-0.1, -0.05) is 48.5 Å². The van der Waals surface area contributed by atoms with Crippen molar-refractivity contribution in [3.63, 3.8) is 0 Å². The summed E-state index contributed by atoms with van der Waals surface area (Å²) in [6, 6.07) is 49.5. The number of hydrogen-bond acceptors (Lipinski definition) is 4. The van der Waals surface area contributed by atoms with E-state index in [1.54, 1.807) is 0 Å². The van der Waals surface area contributed by atoms with Gasteiger partial charge in [0.15, 0.2) is 0 Å². The van der Waals surface area contributed by atoms with E-state index in [1.807, 2.05) is 66.7 Å². The van der Waals surface area contributed by atoms with Crippen molar-refractivity contribution in [1.82, 2.24) is 37.3 Å². The van der Waals surface area contributed by atoms with Gasteiger partial charge in [0.05, 0.1) is 78.2 Å². The minimum Gasteiger partial charge on any atom is -0.278 e. The van der Waals surface area contributed by atoms with E-state index >= 15 is 0 Å². The predicted octanol–water partition coefficient (Wildman–Crippen LogP) is 8.41. The summed E-state index contributed by atoms with van der Waals surface area (Å²) in [7, 11) is 0. The van der Waals surface area contributed by atoms with Crippen LogP contribution < -0.4 is 0 Å². The van der Waals surface area contributed by atoms with Crippen LogP contribution in [-0.2, 0) is 0 Å². The Morgan fingerprint density at radius 2 is 0.816 bits per heavy atom. The molecule has 5 aromatic heterocycles. The summed E-state index contributed by atoms with van der Waals surface area (Å²) >= 11 is 0. The number of nitrogens with zero attached hydrogens (tertiary/aromatic N) is 9. The van der Waals surface area contributed by atoms with E-state index in [1.165, 1.54) is 0 Å². The lowest BCUT2D eigenvalue weighted by Gasteiger charge is -2.08. The first-order chi connectivity index (χ1) is 24.3. The Bertz CT molecular complexity index is 3230. The van der Waals surface area contributed by atoms with Crippen LogP contribution in [0.2, 0.25) is 0 Å². The Morgan fingerprint density at radius 3 is 1.37 bits per heavy atom. The first-order valence-corrected chi connectivity index (χ1v) is 16.0. The van der Waals surface area contributed by atoms with Crippen LogP contribution in [0, 0.1) is 11.3 Å². The quantitative estimate of drug-likeness (QED) is 0.192. The summed E-state index contributed by atoms with van der Waals surface area (Å²) in [6.45, 7) is 0. The second kappa shape index (κ2) is 9.44. The highest BCUT2D eigenvalue weighted by Gasteiger charge is 2.21. The normalized spacial score (nSPS) is 12.1. The maximum absolute atomic E-state index is 9.58. The molecule has 11 rings (SSSR count). The molecule has 0 unspecified atom stereocenters. The molecule has 0 saturated carbocycles. The number of fused-ring (bicyclic) bond motifs is 14. The van der Waals surface area contributed by atoms with Crippen LogP contribution in [0.5, 0.6) is 0 Å². The van der Waals surface area contributed by atoms with Crippen molar-refractivity contribution >= 4 is 72.5 Å². The summed E-state index contributed by atoms with van der Waals surface area (Å²) < 4.78 is 11.0. The number of hydrogen-bond donors (Lipinski definition) is 0. The number of nitriles is 1. The Morgan fingerprint density at radius 1 is 0.388 bits per heavy atom. The van der Waals surface area contributed by atoms with Gasteiger partial charge in [-0.15, -0.1) is 0 Å². The molecule has 9 nitrogen and oxygen atoms in total. The molecular formula is C40H23N9. The second-order valence-corrected chi connectivity index (χ2v) is 12.2. The fraction of sp³-hybridized carbons (Fsp3) is 0. The van der Waals surface area contributed by atoms with Crippen LogP contribution in [0.25, 0.3) is 83.9 Å². The third-order valence-electron chi connectivity index (χ3n) is 9.55. The molecule has 9 heteroatoms. The smallest absolute Gasteiger partial charge is 0.223 e. The third kappa shape index (κ3) is 3.44. The molecule has 0 amide bonds. The highest BCUT2D eigenvalue weighted by molar-refractivity contribution is 5.96. The van der Waals surface area contributed by atoms with E-state index in [2.05, 4.69) is 101 Å². The molecule has 49 heavy (non-hydrogen) atoms. The molecule has 0 aliphatic heterocycles. The van der Waals surface area contributed by atoms with Gasteiger partial charge < -0.3 is 0 Å². The average molecular weight is 630 g/mol. The molecule has 0 bridgehead atoms. The summed E-state index contributed by atoms with van der Waals surface area (Å²) in [6.07, 6.45) is 0. The summed E-state index contributed by atoms with van der Waals surface area (Å²) in [5, 5.41) is 9.58. The van der Waals surface area contributed by atoms with Crippen molar-refractivity contribution in [1.29, 1.82) is 5.26 Å². The van der Waals surface area contributed by atoms with Crippen molar-refractivity contribution in [3.05, 3.63) is 145 Å². The van der Waals surface area contributed by atoms with E-state index < -0.39 is 0 Å². The van der Waals surface area contributed by atoms with E-state index in [9.17, 15) is 5.26 Å². The zero-order valence-corrected chi connectivity index (χ0v) is 25.8. The zero-order chi connectivity index (χ0) is 32.2. The maximum Gasteiger partial charge on any atom is 0.223 e. The molecule has 0 aliphatic rings. The molecular weight excluding hydrogens is 607 g/mol.